The third-order valence-corrected chi connectivity index (χ3v) is 2.86. The van der Waals surface area contributed by atoms with Crippen LogP contribution in [0.5, 0.6) is 0 Å². The zero-order valence-electron chi connectivity index (χ0n) is 10.6. The second kappa shape index (κ2) is 7.42. The minimum absolute atomic E-state index is 0.556. The molecule has 0 fully saturated rings. The first-order valence-corrected chi connectivity index (χ1v) is 6.04. The summed E-state index contributed by atoms with van der Waals surface area (Å²) in [5.74, 6) is 0.556. The van der Waals surface area contributed by atoms with Crippen molar-refractivity contribution in [1.29, 1.82) is 0 Å². The van der Waals surface area contributed by atoms with Crippen molar-refractivity contribution in [3.05, 3.63) is 35.4 Å². The highest BCUT2D eigenvalue weighted by Gasteiger charge is 2.10. The summed E-state index contributed by atoms with van der Waals surface area (Å²) in [5, 5.41) is 3.41. The van der Waals surface area contributed by atoms with Crippen molar-refractivity contribution >= 4 is 0 Å². The monoisotopic (exact) mass is 221 g/mol. The molecule has 0 aliphatic rings. The molecule has 2 nitrogen and oxygen atoms in total. The van der Waals surface area contributed by atoms with Gasteiger partial charge >= 0.3 is 0 Å². The number of hydrogen-bond acceptors (Lipinski definition) is 2. The van der Waals surface area contributed by atoms with Gasteiger partial charge in [0.25, 0.3) is 0 Å². The number of benzene rings is 1. The van der Waals surface area contributed by atoms with Gasteiger partial charge in [0.1, 0.15) is 0 Å². The maximum absolute atomic E-state index is 5.17. The van der Waals surface area contributed by atoms with Crippen LogP contribution >= 0.6 is 0 Å². The van der Waals surface area contributed by atoms with Gasteiger partial charge in [-0.1, -0.05) is 36.8 Å². The van der Waals surface area contributed by atoms with E-state index in [1.807, 2.05) is 0 Å². The van der Waals surface area contributed by atoms with Crippen molar-refractivity contribution in [2.75, 3.05) is 26.8 Å². The molecular formula is C14H23NO. The molecule has 1 unspecified atom stereocenters. The summed E-state index contributed by atoms with van der Waals surface area (Å²) >= 11 is 0. The summed E-state index contributed by atoms with van der Waals surface area (Å²) in [4.78, 5) is 0. The zero-order valence-corrected chi connectivity index (χ0v) is 10.6. The van der Waals surface area contributed by atoms with Crippen LogP contribution in [0.2, 0.25) is 0 Å². The minimum atomic E-state index is 0.556. The van der Waals surface area contributed by atoms with E-state index in [9.17, 15) is 0 Å². The second-order valence-corrected chi connectivity index (χ2v) is 4.20. The Bertz CT molecular complexity index is 273. The van der Waals surface area contributed by atoms with Crippen LogP contribution in [-0.4, -0.2) is 26.8 Å². The first-order chi connectivity index (χ1) is 7.77. The molecule has 0 aromatic heterocycles. The molecule has 0 amide bonds. The van der Waals surface area contributed by atoms with E-state index in [2.05, 4.69) is 43.4 Å². The fraction of sp³-hybridized carbons (Fsp3) is 0.571. The number of hydrogen-bond donors (Lipinski definition) is 1. The number of aryl methyl sites for hydroxylation is 1. The lowest BCUT2D eigenvalue weighted by Crippen LogP contribution is -2.22. The van der Waals surface area contributed by atoms with Gasteiger partial charge in [-0.05, 0) is 31.4 Å². The van der Waals surface area contributed by atoms with E-state index in [0.29, 0.717) is 5.92 Å². The topological polar surface area (TPSA) is 21.3 Å². The SMILES string of the molecule is CCNCC(CCOC)c1ccc(C)cc1. The fourth-order valence-electron chi connectivity index (χ4n) is 1.80. The van der Waals surface area contributed by atoms with Crippen LogP contribution in [0.25, 0.3) is 0 Å². The molecule has 2 heteroatoms. The van der Waals surface area contributed by atoms with Gasteiger partial charge in [-0.15, -0.1) is 0 Å². The standard InChI is InChI=1S/C14H23NO/c1-4-15-11-14(9-10-16-3)13-7-5-12(2)6-8-13/h5-8,14-15H,4,9-11H2,1-3H3. The molecule has 0 radical (unpaired) electrons. The Labute approximate surface area is 99.0 Å². The van der Waals surface area contributed by atoms with Gasteiger partial charge in [0.05, 0.1) is 0 Å². The molecule has 1 rings (SSSR count). The number of ether oxygens (including phenoxy) is 1. The maximum Gasteiger partial charge on any atom is 0.0468 e. The van der Waals surface area contributed by atoms with Crippen molar-refractivity contribution < 1.29 is 4.74 Å². The van der Waals surface area contributed by atoms with Gasteiger partial charge < -0.3 is 10.1 Å². The van der Waals surface area contributed by atoms with Crippen LogP contribution in [0.3, 0.4) is 0 Å². The molecule has 1 aromatic carbocycles. The lowest BCUT2D eigenvalue weighted by molar-refractivity contribution is 0.187. The van der Waals surface area contributed by atoms with Gasteiger partial charge in [-0.3, -0.25) is 0 Å². The molecule has 16 heavy (non-hydrogen) atoms. The Morgan fingerprint density at radius 3 is 2.50 bits per heavy atom. The number of rotatable bonds is 7. The van der Waals surface area contributed by atoms with Gasteiger partial charge in [0.15, 0.2) is 0 Å². The predicted octanol–water partition coefficient (Wildman–Crippen LogP) is 2.72. The van der Waals surface area contributed by atoms with Crippen LogP contribution < -0.4 is 5.32 Å². The van der Waals surface area contributed by atoms with E-state index in [4.69, 9.17) is 4.74 Å². The molecule has 0 bridgehead atoms. The van der Waals surface area contributed by atoms with Crippen molar-refractivity contribution in [2.45, 2.75) is 26.2 Å². The van der Waals surface area contributed by atoms with E-state index in [-0.39, 0.29) is 0 Å². The van der Waals surface area contributed by atoms with Crippen molar-refractivity contribution in [3.63, 3.8) is 0 Å². The van der Waals surface area contributed by atoms with Gasteiger partial charge in [0, 0.05) is 20.3 Å². The van der Waals surface area contributed by atoms with E-state index < -0.39 is 0 Å². The summed E-state index contributed by atoms with van der Waals surface area (Å²) < 4.78 is 5.17. The van der Waals surface area contributed by atoms with Crippen molar-refractivity contribution in [3.8, 4) is 0 Å². The predicted molar refractivity (Wildman–Crippen MR) is 69.0 cm³/mol. The highest BCUT2D eigenvalue weighted by atomic mass is 16.5. The van der Waals surface area contributed by atoms with E-state index in [1.165, 1.54) is 11.1 Å². The summed E-state index contributed by atoms with van der Waals surface area (Å²) in [7, 11) is 1.76. The largest absolute Gasteiger partial charge is 0.385 e. The molecule has 1 N–H and O–H groups in total. The Kier molecular flexibility index (Phi) is 6.12. The van der Waals surface area contributed by atoms with E-state index >= 15 is 0 Å². The molecular weight excluding hydrogens is 198 g/mol. The normalized spacial score (nSPS) is 12.7. The maximum atomic E-state index is 5.17. The van der Waals surface area contributed by atoms with Crippen LogP contribution in [0.4, 0.5) is 0 Å². The Hall–Kier alpha value is -0.860. The lowest BCUT2D eigenvalue weighted by atomic mass is 9.95. The first-order valence-electron chi connectivity index (χ1n) is 6.04. The third-order valence-electron chi connectivity index (χ3n) is 2.86. The molecule has 0 heterocycles. The minimum Gasteiger partial charge on any atom is -0.385 e. The molecule has 0 saturated carbocycles. The lowest BCUT2D eigenvalue weighted by Gasteiger charge is -2.17. The molecule has 90 valence electrons. The summed E-state index contributed by atoms with van der Waals surface area (Å²) in [6, 6.07) is 8.82. The average molecular weight is 221 g/mol. The molecule has 0 saturated heterocycles. The molecule has 0 aliphatic heterocycles. The number of likely N-dealkylation sites (N-methyl/N-ethyl adjacent to an activating group) is 1. The smallest absolute Gasteiger partial charge is 0.0468 e. The zero-order chi connectivity index (χ0) is 11.8. The number of nitrogens with one attached hydrogen (secondary N) is 1. The van der Waals surface area contributed by atoms with E-state index in [1.54, 1.807) is 7.11 Å². The molecule has 0 aliphatic carbocycles. The highest BCUT2D eigenvalue weighted by molar-refractivity contribution is 5.24. The Morgan fingerprint density at radius 2 is 1.94 bits per heavy atom. The first kappa shape index (κ1) is 13.2. The third kappa shape index (κ3) is 4.33. The van der Waals surface area contributed by atoms with Crippen molar-refractivity contribution in [1.82, 2.24) is 5.32 Å². The van der Waals surface area contributed by atoms with Gasteiger partial charge in [-0.25, -0.2) is 0 Å². The summed E-state index contributed by atoms with van der Waals surface area (Å²) in [6.45, 7) is 7.14. The van der Waals surface area contributed by atoms with Gasteiger partial charge in [0.2, 0.25) is 0 Å². The van der Waals surface area contributed by atoms with Gasteiger partial charge in [-0.2, -0.15) is 0 Å². The van der Waals surface area contributed by atoms with E-state index in [0.717, 1.165) is 26.1 Å². The highest BCUT2D eigenvalue weighted by Crippen LogP contribution is 2.19. The number of methoxy groups -OCH3 is 1. The fourth-order valence-corrected chi connectivity index (χ4v) is 1.80. The molecule has 1 aromatic rings. The van der Waals surface area contributed by atoms with Crippen LogP contribution in [0.1, 0.15) is 30.4 Å². The van der Waals surface area contributed by atoms with Crippen LogP contribution in [0, 0.1) is 6.92 Å². The van der Waals surface area contributed by atoms with Crippen molar-refractivity contribution in [2.24, 2.45) is 0 Å². The Balaban J connectivity index is 2.62. The average Bonchev–Trinajstić information content (AvgIpc) is 2.31. The quantitative estimate of drug-likeness (QED) is 0.764. The summed E-state index contributed by atoms with van der Waals surface area (Å²) in [5.41, 5.74) is 2.72. The Morgan fingerprint density at radius 1 is 1.25 bits per heavy atom. The molecule has 1 atom stereocenters. The van der Waals surface area contributed by atoms with Crippen LogP contribution in [0.15, 0.2) is 24.3 Å². The second-order valence-electron chi connectivity index (χ2n) is 4.20. The molecule has 0 spiro atoms. The van der Waals surface area contributed by atoms with Crippen LogP contribution in [-0.2, 0) is 4.74 Å². The summed E-state index contributed by atoms with van der Waals surface area (Å²) in [6.07, 6.45) is 1.08.